The molecule has 0 radical (unpaired) electrons. The smallest absolute Gasteiger partial charge is 0.232 e. The lowest BCUT2D eigenvalue weighted by Gasteiger charge is -2.39. The van der Waals surface area contributed by atoms with E-state index < -0.39 is 0 Å². The highest BCUT2D eigenvalue weighted by molar-refractivity contribution is 5.48. The van der Waals surface area contributed by atoms with Gasteiger partial charge in [-0.25, -0.2) is 0 Å². The number of hydrogen-bond donors (Lipinski definition) is 4. The number of aromatic nitrogens is 3. The van der Waals surface area contributed by atoms with Crippen molar-refractivity contribution in [3.8, 4) is 0 Å². The summed E-state index contributed by atoms with van der Waals surface area (Å²) in [6, 6.07) is 0.541. The molecule has 3 fully saturated rings. The van der Waals surface area contributed by atoms with Gasteiger partial charge in [0.05, 0.1) is 0 Å². The second-order valence-electron chi connectivity index (χ2n) is 9.31. The van der Waals surface area contributed by atoms with E-state index in [0.29, 0.717) is 44.1 Å². The minimum atomic E-state index is 0.0209. The third kappa shape index (κ3) is 4.77. The Balaban J connectivity index is 1.70. The van der Waals surface area contributed by atoms with Gasteiger partial charge in [0.2, 0.25) is 17.8 Å². The van der Waals surface area contributed by atoms with Crippen LogP contribution in [0, 0.1) is 0 Å². The third-order valence-electron chi connectivity index (χ3n) is 6.55. The van der Waals surface area contributed by atoms with Crippen LogP contribution in [0.1, 0.15) is 45.4 Å². The van der Waals surface area contributed by atoms with Gasteiger partial charge in [0.15, 0.2) is 0 Å². The first-order valence-electron chi connectivity index (χ1n) is 11.5. The Bertz CT molecular complexity index is 651. The van der Waals surface area contributed by atoms with Crippen LogP contribution in [0.5, 0.6) is 0 Å². The fourth-order valence-corrected chi connectivity index (χ4v) is 5.13. The molecule has 4 rings (SSSR count). The van der Waals surface area contributed by atoms with Crippen LogP contribution in [0.4, 0.5) is 17.8 Å². The van der Waals surface area contributed by atoms with E-state index in [2.05, 4.69) is 21.6 Å². The van der Waals surface area contributed by atoms with E-state index in [1.54, 1.807) is 0 Å². The Morgan fingerprint density at radius 3 is 1.67 bits per heavy atom. The summed E-state index contributed by atoms with van der Waals surface area (Å²) in [6.07, 6.45) is 6.31. The molecule has 0 spiro atoms. The summed E-state index contributed by atoms with van der Waals surface area (Å²) in [5.74, 6) is 2.07. The van der Waals surface area contributed by atoms with Crippen LogP contribution < -0.4 is 37.6 Å². The predicted octanol–water partition coefficient (Wildman–Crippen LogP) is -0.630. The summed E-state index contributed by atoms with van der Waals surface area (Å²) >= 11 is 0. The highest BCUT2D eigenvalue weighted by Gasteiger charge is 2.31. The lowest BCUT2D eigenvalue weighted by atomic mass is 10.0. The number of nitrogens with two attached hydrogens (primary N) is 4. The zero-order valence-electron chi connectivity index (χ0n) is 18.2. The fourth-order valence-electron chi connectivity index (χ4n) is 5.13. The summed E-state index contributed by atoms with van der Waals surface area (Å²) in [5, 5.41) is 0. The number of anilines is 3. The molecule has 10 nitrogen and oxygen atoms in total. The third-order valence-corrected chi connectivity index (χ3v) is 6.55. The molecule has 1 aromatic rings. The highest BCUT2D eigenvalue weighted by atomic mass is 15.4. The first-order valence-corrected chi connectivity index (χ1v) is 11.5. The normalized spacial score (nSPS) is 33.1. The van der Waals surface area contributed by atoms with Crippen molar-refractivity contribution < 1.29 is 0 Å². The molecule has 0 aliphatic carbocycles. The Hall–Kier alpha value is -1.75. The van der Waals surface area contributed by atoms with Crippen LogP contribution >= 0.6 is 0 Å². The summed E-state index contributed by atoms with van der Waals surface area (Å²) in [5.41, 5.74) is 25.0. The quantitative estimate of drug-likeness (QED) is 0.497. The summed E-state index contributed by atoms with van der Waals surface area (Å²) in [4.78, 5) is 21.2. The van der Waals surface area contributed by atoms with Crippen molar-refractivity contribution in [2.24, 2.45) is 22.9 Å². The van der Waals surface area contributed by atoms with Gasteiger partial charge in [0.1, 0.15) is 0 Å². The fraction of sp³-hybridized carbons (Fsp3) is 0.850. The summed E-state index contributed by atoms with van der Waals surface area (Å²) < 4.78 is 0. The number of nitrogens with zero attached hydrogens (tertiary/aromatic N) is 6. The van der Waals surface area contributed by atoms with E-state index in [1.165, 1.54) is 12.8 Å². The van der Waals surface area contributed by atoms with Gasteiger partial charge >= 0.3 is 0 Å². The molecule has 5 atom stereocenters. The van der Waals surface area contributed by atoms with Gasteiger partial charge in [-0.2, -0.15) is 15.0 Å². The number of hydrogen-bond acceptors (Lipinski definition) is 10. The van der Waals surface area contributed by atoms with Gasteiger partial charge in [-0.15, -0.1) is 0 Å². The Morgan fingerprint density at radius 1 is 0.733 bits per heavy atom. The SMILES string of the molecule is CCC1CCCCN1c1nc(N2C[C@H](N)C[C@H](N)C2)nc(N2C[C@H](N)C[C@H](N)C2)n1. The monoisotopic (exact) mass is 418 g/mol. The predicted molar refractivity (Wildman–Crippen MR) is 121 cm³/mol. The first-order chi connectivity index (χ1) is 14.4. The summed E-state index contributed by atoms with van der Waals surface area (Å²) in [7, 11) is 0. The average molecular weight is 419 g/mol. The zero-order valence-corrected chi connectivity index (χ0v) is 18.2. The molecule has 0 bridgehead atoms. The molecule has 168 valence electrons. The molecule has 10 heteroatoms. The second-order valence-corrected chi connectivity index (χ2v) is 9.31. The summed E-state index contributed by atoms with van der Waals surface area (Å²) in [6.45, 7) is 6.01. The maximum Gasteiger partial charge on any atom is 0.232 e. The minimum Gasteiger partial charge on any atom is -0.338 e. The molecule has 1 aromatic heterocycles. The van der Waals surface area contributed by atoms with Crippen molar-refractivity contribution >= 4 is 17.8 Å². The molecule has 30 heavy (non-hydrogen) atoms. The lowest BCUT2D eigenvalue weighted by molar-refractivity contribution is 0.432. The molecule has 0 aromatic carbocycles. The lowest BCUT2D eigenvalue weighted by Crippen LogP contribution is -2.54. The minimum absolute atomic E-state index is 0.0209. The molecule has 1 unspecified atom stereocenters. The molecule has 3 aliphatic heterocycles. The molecule has 3 aliphatic rings. The second kappa shape index (κ2) is 9.17. The average Bonchev–Trinajstić information content (AvgIpc) is 2.72. The van der Waals surface area contributed by atoms with Crippen molar-refractivity contribution in [1.29, 1.82) is 0 Å². The van der Waals surface area contributed by atoms with Gasteiger partial charge in [0.25, 0.3) is 0 Å². The van der Waals surface area contributed by atoms with Crippen molar-refractivity contribution in [2.45, 2.75) is 75.7 Å². The Labute approximate surface area is 179 Å². The van der Waals surface area contributed by atoms with Gasteiger partial charge in [-0.3, -0.25) is 0 Å². The molecule has 8 N–H and O–H groups in total. The van der Waals surface area contributed by atoms with Gasteiger partial charge < -0.3 is 37.6 Å². The van der Waals surface area contributed by atoms with E-state index in [4.69, 9.17) is 37.9 Å². The van der Waals surface area contributed by atoms with Crippen LogP contribution in [0.25, 0.3) is 0 Å². The Kier molecular flexibility index (Phi) is 6.57. The molecule has 0 amide bonds. The van der Waals surface area contributed by atoms with Crippen LogP contribution in [-0.4, -0.2) is 77.9 Å². The van der Waals surface area contributed by atoms with Gasteiger partial charge in [-0.1, -0.05) is 6.92 Å². The van der Waals surface area contributed by atoms with Gasteiger partial charge in [0, 0.05) is 62.9 Å². The zero-order chi connectivity index (χ0) is 21.3. The van der Waals surface area contributed by atoms with Crippen LogP contribution in [0.3, 0.4) is 0 Å². The van der Waals surface area contributed by atoms with Crippen molar-refractivity contribution in [3.05, 3.63) is 0 Å². The molecule has 3 saturated heterocycles. The van der Waals surface area contributed by atoms with E-state index in [0.717, 1.165) is 38.2 Å². The maximum absolute atomic E-state index is 6.25. The number of rotatable bonds is 4. The largest absolute Gasteiger partial charge is 0.338 e. The standard InChI is InChI=1S/C20H38N10/c1-2-17-5-3-4-6-30(17)20-26-18(28-9-13(21)7-14(22)10-28)25-19(27-20)29-11-15(23)8-16(24)12-29/h13-17H,2-12,21-24H2,1H3/t13-,14+,15-,16+,17?. The van der Waals surface area contributed by atoms with Crippen molar-refractivity contribution in [1.82, 2.24) is 15.0 Å². The molecule has 4 heterocycles. The maximum atomic E-state index is 6.25. The Morgan fingerprint density at radius 2 is 1.20 bits per heavy atom. The van der Waals surface area contributed by atoms with E-state index in [-0.39, 0.29) is 24.2 Å². The van der Waals surface area contributed by atoms with Crippen molar-refractivity contribution in [3.63, 3.8) is 0 Å². The van der Waals surface area contributed by atoms with Crippen LogP contribution in [0.2, 0.25) is 0 Å². The van der Waals surface area contributed by atoms with Gasteiger partial charge in [-0.05, 0) is 38.5 Å². The van der Waals surface area contributed by atoms with Crippen LogP contribution in [-0.2, 0) is 0 Å². The molecule has 0 saturated carbocycles. The van der Waals surface area contributed by atoms with Crippen molar-refractivity contribution in [2.75, 3.05) is 47.4 Å². The number of piperidine rings is 3. The van der Waals surface area contributed by atoms with E-state index >= 15 is 0 Å². The first kappa shape index (κ1) is 21.5. The van der Waals surface area contributed by atoms with E-state index in [9.17, 15) is 0 Å². The molecular formula is C20H38N10. The topological polar surface area (TPSA) is 152 Å². The highest BCUT2D eigenvalue weighted by Crippen LogP contribution is 2.28. The molecular weight excluding hydrogens is 380 g/mol. The van der Waals surface area contributed by atoms with Crippen LogP contribution in [0.15, 0.2) is 0 Å². The van der Waals surface area contributed by atoms with E-state index in [1.807, 2.05) is 0 Å².